The number of anilines is 1. The van der Waals surface area contributed by atoms with Crippen LogP contribution in [-0.2, 0) is 4.79 Å². The number of halogens is 1. The first-order valence-corrected chi connectivity index (χ1v) is 10.4. The molecule has 0 aliphatic heterocycles. The Hall–Kier alpha value is -2.63. The lowest BCUT2D eigenvalue weighted by atomic mass is 9.78. The van der Waals surface area contributed by atoms with Gasteiger partial charge < -0.3 is 9.73 Å². The van der Waals surface area contributed by atoms with E-state index in [1.54, 1.807) is 24.3 Å². The van der Waals surface area contributed by atoms with Gasteiger partial charge >= 0.3 is 5.76 Å². The number of carbonyl (C=O) groups is 1. The molecule has 0 saturated heterocycles. The Bertz CT molecular complexity index is 933. The summed E-state index contributed by atoms with van der Waals surface area (Å²) in [6.45, 7) is 1.67. The first kappa shape index (κ1) is 21.1. The fourth-order valence-corrected chi connectivity index (χ4v) is 4.15. The molecule has 0 spiro atoms. The predicted octanol–water partition coefficient (Wildman–Crippen LogP) is 5.51. The minimum atomic E-state index is -0.502. The molecule has 1 aliphatic carbocycles. The van der Waals surface area contributed by atoms with Gasteiger partial charge in [-0.1, -0.05) is 30.7 Å². The maximum absolute atomic E-state index is 12.4. The lowest BCUT2D eigenvalue weighted by molar-refractivity contribution is -0.117. The summed E-state index contributed by atoms with van der Waals surface area (Å²) < 4.78 is 17.4. The van der Waals surface area contributed by atoms with Crippen molar-refractivity contribution in [3.8, 4) is 0 Å². The highest BCUT2D eigenvalue weighted by Crippen LogP contribution is 2.34. The van der Waals surface area contributed by atoms with Gasteiger partial charge in [-0.15, -0.1) is 0 Å². The highest BCUT2D eigenvalue weighted by molar-refractivity contribution is 5.92. The normalized spacial score (nSPS) is 20.4. The number of alkyl halides is 1. The van der Waals surface area contributed by atoms with E-state index in [4.69, 9.17) is 4.42 Å². The number of hydrogen-bond donors (Lipinski definition) is 2. The number of amides is 1. The SMILES string of the molecule is CC/C=C(\C=C/CF)CC1CCC(CC(=O)Nc2ccc3[nH]c(=O)oc3c2)CC1. The van der Waals surface area contributed by atoms with E-state index < -0.39 is 12.4 Å². The van der Waals surface area contributed by atoms with Crippen molar-refractivity contribution in [2.45, 2.75) is 51.9 Å². The Morgan fingerprint density at radius 3 is 2.66 bits per heavy atom. The zero-order valence-corrected chi connectivity index (χ0v) is 16.9. The molecule has 6 heteroatoms. The van der Waals surface area contributed by atoms with Crippen LogP contribution in [0.25, 0.3) is 11.1 Å². The number of carbonyl (C=O) groups excluding carboxylic acids is 1. The van der Waals surface area contributed by atoms with E-state index in [0.717, 1.165) is 38.5 Å². The fourth-order valence-electron chi connectivity index (χ4n) is 4.15. The highest BCUT2D eigenvalue weighted by Gasteiger charge is 2.23. The Kier molecular flexibility index (Phi) is 7.44. The minimum absolute atomic E-state index is 0.0110. The molecule has 3 rings (SSSR count). The molecule has 0 bridgehead atoms. The molecule has 156 valence electrons. The monoisotopic (exact) mass is 400 g/mol. The number of nitrogens with one attached hydrogen (secondary N) is 2. The molecular formula is C23H29FN2O3. The van der Waals surface area contributed by atoms with Crippen molar-refractivity contribution < 1.29 is 13.6 Å². The summed E-state index contributed by atoms with van der Waals surface area (Å²) in [6.07, 6.45) is 12.4. The topological polar surface area (TPSA) is 75.1 Å². The van der Waals surface area contributed by atoms with E-state index >= 15 is 0 Å². The van der Waals surface area contributed by atoms with Crippen LogP contribution in [-0.4, -0.2) is 17.6 Å². The summed E-state index contributed by atoms with van der Waals surface area (Å²) in [7, 11) is 0. The van der Waals surface area contributed by atoms with Crippen LogP contribution in [0.3, 0.4) is 0 Å². The first-order chi connectivity index (χ1) is 14.1. The molecule has 1 aromatic carbocycles. The third-order valence-electron chi connectivity index (χ3n) is 5.56. The zero-order valence-electron chi connectivity index (χ0n) is 16.9. The second kappa shape index (κ2) is 10.2. The van der Waals surface area contributed by atoms with Gasteiger partial charge in [0, 0.05) is 18.2 Å². The molecule has 2 N–H and O–H groups in total. The van der Waals surface area contributed by atoms with E-state index in [9.17, 15) is 14.0 Å². The quantitative estimate of drug-likeness (QED) is 0.574. The molecule has 0 unspecified atom stereocenters. The van der Waals surface area contributed by atoms with Crippen LogP contribution in [0.2, 0.25) is 0 Å². The van der Waals surface area contributed by atoms with Crippen LogP contribution in [0.15, 0.2) is 51.2 Å². The highest BCUT2D eigenvalue weighted by atomic mass is 19.1. The van der Waals surface area contributed by atoms with Crippen LogP contribution in [0.1, 0.15) is 51.9 Å². The molecule has 0 radical (unpaired) electrons. The molecule has 2 aromatic rings. The number of aromatic amines is 1. The number of benzene rings is 1. The third kappa shape index (κ3) is 6.17. The number of hydrogen-bond acceptors (Lipinski definition) is 3. The number of H-pyrrole nitrogens is 1. The van der Waals surface area contributed by atoms with Crippen LogP contribution >= 0.6 is 0 Å². The van der Waals surface area contributed by atoms with Gasteiger partial charge in [0.15, 0.2) is 5.58 Å². The van der Waals surface area contributed by atoms with Gasteiger partial charge in [0.2, 0.25) is 5.91 Å². The lowest BCUT2D eigenvalue weighted by Gasteiger charge is -2.28. The predicted molar refractivity (Wildman–Crippen MR) is 114 cm³/mol. The average Bonchev–Trinajstić information content (AvgIpc) is 3.07. The molecule has 5 nitrogen and oxygen atoms in total. The van der Waals surface area contributed by atoms with E-state index in [0.29, 0.717) is 35.0 Å². The summed E-state index contributed by atoms with van der Waals surface area (Å²) in [5.41, 5.74) is 2.90. The number of allylic oxidation sites excluding steroid dienone is 4. The van der Waals surface area contributed by atoms with Gasteiger partial charge in [-0.25, -0.2) is 9.18 Å². The smallest absolute Gasteiger partial charge is 0.408 e. The van der Waals surface area contributed by atoms with Crippen molar-refractivity contribution in [1.29, 1.82) is 0 Å². The molecule has 1 amide bonds. The summed E-state index contributed by atoms with van der Waals surface area (Å²) in [4.78, 5) is 26.2. The van der Waals surface area contributed by atoms with E-state index in [2.05, 4.69) is 23.3 Å². The Morgan fingerprint density at radius 1 is 1.24 bits per heavy atom. The van der Waals surface area contributed by atoms with Gasteiger partial charge in [0.25, 0.3) is 0 Å². The number of fused-ring (bicyclic) bond motifs is 1. The molecule has 29 heavy (non-hydrogen) atoms. The van der Waals surface area contributed by atoms with Crippen LogP contribution < -0.4 is 11.1 Å². The van der Waals surface area contributed by atoms with Crippen molar-refractivity contribution >= 4 is 22.7 Å². The van der Waals surface area contributed by atoms with E-state index in [1.165, 1.54) is 5.57 Å². The van der Waals surface area contributed by atoms with Crippen molar-refractivity contribution in [1.82, 2.24) is 4.98 Å². The molecule has 1 aromatic heterocycles. The molecule has 1 aliphatic rings. The molecule has 0 atom stereocenters. The molecular weight excluding hydrogens is 371 g/mol. The average molecular weight is 400 g/mol. The van der Waals surface area contributed by atoms with Gasteiger partial charge in [-0.3, -0.25) is 9.78 Å². The Balaban J connectivity index is 1.47. The van der Waals surface area contributed by atoms with Crippen LogP contribution in [0, 0.1) is 11.8 Å². The van der Waals surface area contributed by atoms with E-state index in [1.807, 2.05) is 6.08 Å². The Labute approximate surface area is 170 Å². The van der Waals surface area contributed by atoms with Crippen LogP contribution in [0.5, 0.6) is 0 Å². The maximum atomic E-state index is 12.4. The summed E-state index contributed by atoms with van der Waals surface area (Å²) in [5, 5.41) is 2.91. The first-order valence-electron chi connectivity index (χ1n) is 10.4. The zero-order chi connectivity index (χ0) is 20.6. The van der Waals surface area contributed by atoms with Crippen molar-refractivity contribution in [2.24, 2.45) is 11.8 Å². The lowest BCUT2D eigenvalue weighted by Crippen LogP contribution is -2.21. The van der Waals surface area contributed by atoms with Crippen LogP contribution in [0.4, 0.5) is 10.1 Å². The van der Waals surface area contributed by atoms with Gasteiger partial charge in [0.05, 0.1) is 5.52 Å². The third-order valence-corrected chi connectivity index (χ3v) is 5.56. The number of rotatable bonds is 8. The summed E-state index contributed by atoms with van der Waals surface area (Å²) in [5.74, 6) is 0.482. The largest absolute Gasteiger partial charge is 0.417 e. The van der Waals surface area contributed by atoms with Crippen molar-refractivity contribution in [2.75, 3.05) is 12.0 Å². The summed E-state index contributed by atoms with van der Waals surface area (Å²) in [6, 6.07) is 5.14. The number of oxazole rings is 1. The standard InChI is InChI=1S/C23H29FN2O3/c1-2-4-16(5-3-12-24)13-17-6-8-18(9-7-17)14-22(27)25-19-10-11-20-21(15-19)29-23(28)26-20/h3-5,10-11,15,17-18H,2,6-9,12-14H2,1H3,(H,25,27)(H,26,28)/b5-3-,16-4+. The van der Waals surface area contributed by atoms with Gasteiger partial charge in [0.1, 0.15) is 6.67 Å². The number of aromatic nitrogens is 1. The van der Waals surface area contributed by atoms with E-state index in [-0.39, 0.29) is 5.91 Å². The molecule has 1 saturated carbocycles. The Morgan fingerprint density at radius 2 is 1.97 bits per heavy atom. The van der Waals surface area contributed by atoms with Gasteiger partial charge in [-0.2, -0.15) is 0 Å². The summed E-state index contributed by atoms with van der Waals surface area (Å²) >= 11 is 0. The maximum Gasteiger partial charge on any atom is 0.417 e. The second-order valence-corrected chi connectivity index (χ2v) is 7.81. The minimum Gasteiger partial charge on any atom is -0.408 e. The molecule has 1 heterocycles. The second-order valence-electron chi connectivity index (χ2n) is 7.81. The van der Waals surface area contributed by atoms with Crippen molar-refractivity contribution in [3.05, 3.63) is 52.6 Å². The van der Waals surface area contributed by atoms with Gasteiger partial charge in [-0.05, 0) is 62.5 Å². The fraction of sp³-hybridized carbons (Fsp3) is 0.478. The molecule has 1 fully saturated rings. The van der Waals surface area contributed by atoms with Crippen molar-refractivity contribution in [3.63, 3.8) is 0 Å².